The zero-order chi connectivity index (χ0) is 5.82. The fourth-order valence-electron chi connectivity index (χ4n) is 0.508. The molecular formula is C7H10BiO. The van der Waals surface area contributed by atoms with Crippen molar-refractivity contribution in [2.45, 2.75) is 0 Å². The normalized spacial score (nSPS) is 7.67. The fraction of sp³-hybridized carbons (Fsp3) is 0.143. The van der Waals surface area contributed by atoms with E-state index in [-0.39, 0.29) is 26.2 Å². The second kappa shape index (κ2) is 4.75. The molecule has 0 saturated heterocycles. The molecule has 0 aromatic heterocycles. The van der Waals surface area contributed by atoms with Crippen molar-refractivity contribution < 1.29 is 4.74 Å². The van der Waals surface area contributed by atoms with Crippen LogP contribution < -0.4 is 4.74 Å². The first kappa shape index (κ1) is 8.90. The quantitative estimate of drug-likeness (QED) is 0.677. The number of ether oxygens (including phenoxy) is 1. The van der Waals surface area contributed by atoms with E-state index in [2.05, 4.69) is 6.07 Å². The molecule has 2 heteroatoms. The fourth-order valence-corrected chi connectivity index (χ4v) is 0.508. The Bertz CT molecular complexity index is 150. The monoisotopic (exact) mass is 319 g/mol. The van der Waals surface area contributed by atoms with Crippen molar-refractivity contribution in [2.75, 3.05) is 7.11 Å². The molecule has 1 aromatic rings. The Morgan fingerprint density at radius 2 is 1.89 bits per heavy atom. The van der Waals surface area contributed by atoms with Gasteiger partial charge < -0.3 is 4.74 Å². The summed E-state index contributed by atoms with van der Waals surface area (Å²) < 4.78 is 4.89. The summed E-state index contributed by atoms with van der Waals surface area (Å²) in [6, 6.07) is 10.2. The van der Waals surface area contributed by atoms with E-state index >= 15 is 0 Å². The molecule has 0 aliphatic heterocycles. The van der Waals surface area contributed by atoms with Crippen molar-refractivity contribution >= 4 is 26.2 Å². The molecular weight excluding hydrogens is 309 g/mol. The molecule has 0 unspecified atom stereocenters. The van der Waals surface area contributed by atoms with Gasteiger partial charge in [-0.05, 0) is 18.2 Å². The second-order valence-corrected chi connectivity index (χ2v) is 1.44. The first-order valence-electron chi connectivity index (χ1n) is 2.43. The molecule has 0 aliphatic carbocycles. The summed E-state index contributed by atoms with van der Waals surface area (Å²) in [5, 5.41) is 0. The minimum atomic E-state index is 0. The van der Waals surface area contributed by atoms with Gasteiger partial charge in [0.2, 0.25) is 0 Å². The van der Waals surface area contributed by atoms with Gasteiger partial charge in [-0.1, -0.05) is 12.1 Å². The number of methoxy groups -OCH3 is 1. The van der Waals surface area contributed by atoms with Gasteiger partial charge in [-0.25, -0.2) is 0 Å². The van der Waals surface area contributed by atoms with E-state index in [9.17, 15) is 0 Å². The van der Waals surface area contributed by atoms with Crippen molar-refractivity contribution in [2.24, 2.45) is 0 Å². The number of hydrogen-bond acceptors (Lipinski definition) is 1. The Labute approximate surface area is 74.2 Å². The van der Waals surface area contributed by atoms with Crippen LogP contribution in [0.15, 0.2) is 24.3 Å². The molecule has 0 aliphatic rings. The second-order valence-electron chi connectivity index (χ2n) is 1.44. The van der Waals surface area contributed by atoms with E-state index in [1.165, 1.54) is 0 Å². The zero-order valence-electron chi connectivity index (χ0n) is 5.42. The molecule has 1 radical (unpaired) electrons. The summed E-state index contributed by atoms with van der Waals surface area (Å²) in [5.41, 5.74) is 0. The molecule has 1 rings (SSSR count). The Morgan fingerprint density at radius 1 is 1.33 bits per heavy atom. The third-order valence-corrected chi connectivity index (χ3v) is 0.923. The van der Waals surface area contributed by atoms with Crippen LogP contribution in [0.2, 0.25) is 0 Å². The third-order valence-electron chi connectivity index (χ3n) is 0.923. The average molecular weight is 319 g/mol. The van der Waals surface area contributed by atoms with Crippen LogP contribution in [0.4, 0.5) is 0 Å². The van der Waals surface area contributed by atoms with Gasteiger partial charge in [0.1, 0.15) is 5.75 Å². The standard InChI is InChI=1S/C7H7O.Bi.3H/c1-8-7-5-3-2-4-6-7;;;;/h3-6H,1H3;;;;. The van der Waals surface area contributed by atoms with Crippen molar-refractivity contribution in [3.63, 3.8) is 0 Å². The van der Waals surface area contributed by atoms with Crippen molar-refractivity contribution in [1.82, 2.24) is 0 Å². The van der Waals surface area contributed by atoms with Gasteiger partial charge in [-0.15, -0.1) is 0 Å². The van der Waals surface area contributed by atoms with Crippen LogP contribution in [0, 0.1) is 6.07 Å². The van der Waals surface area contributed by atoms with Gasteiger partial charge in [0.15, 0.2) is 0 Å². The topological polar surface area (TPSA) is 9.23 Å². The Kier molecular flexibility index (Phi) is 4.70. The maximum atomic E-state index is 4.89. The first-order valence-corrected chi connectivity index (χ1v) is 2.43. The Balaban J connectivity index is 0.000000640. The molecule has 0 bridgehead atoms. The van der Waals surface area contributed by atoms with Crippen LogP contribution in [0.25, 0.3) is 0 Å². The summed E-state index contributed by atoms with van der Waals surface area (Å²) in [5.74, 6) is 0.878. The number of benzene rings is 1. The molecule has 1 nitrogen and oxygen atoms in total. The summed E-state index contributed by atoms with van der Waals surface area (Å²) in [6.45, 7) is 0. The molecule has 0 amide bonds. The van der Waals surface area contributed by atoms with Crippen molar-refractivity contribution in [3.8, 4) is 5.75 Å². The summed E-state index contributed by atoms with van der Waals surface area (Å²) in [6.07, 6.45) is 0. The van der Waals surface area contributed by atoms with Crippen LogP contribution >= 0.6 is 0 Å². The van der Waals surface area contributed by atoms with E-state index in [4.69, 9.17) is 4.74 Å². The predicted molar refractivity (Wildman–Crippen MR) is 41.8 cm³/mol. The van der Waals surface area contributed by atoms with Gasteiger partial charge in [0.05, 0.1) is 7.11 Å². The molecule has 0 spiro atoms. The van der Waals surface area contributed by atoms with Crippen LogP contribution in [0.5, 0.6) is 5.75 Å². The molecule has 0 N–H and O–H groups in total. The molecule has 0 atom stereocenters. The summed E-state index contributed by atoms with van der Waals surface area (Å²) in [7, 11) is 1.65. The molecule has 9 heavy (non-hydrogen) atoms. The Hall–Kier alpha value is -0.0969. The number of hydrogen-bond donors (Lipinski definition) is 0. The molecule has 0 saturated carbocycles. The van der Waals surface area contributed by atoms with Gasteiger partial charge >= 0.3 is 26.2 Å². The summed E-state index contributed by atoms with van der Waals surface area (Å²) in [4.78, 5) is 0. The third kappa shape index (κ3) is 2.81. The van der Waals surface area contributed by atoms with Crippen molar-refractivity contribution in [3.05, 3.63) is 30.3 Å². The number of rotatable bonds is 1. The predicted octanol–water partition coefficient (Wildman–Crippen LogP) is 0.311. The first-order chi connectivity index (χ1) is 3.93. The van der Waals surface area contributed by atoms with E-state index in [0.717, 1.165) is 5.75 Å². The minimum absolute atomic E-state index is 0. The molecule has 0 heterocycles. The van der Waals surface area contributed by atoms with E-state index in [1.54, 1.807) is 7.11 Å². The zero-order valence-corrected chi connectivity index (χ0v) is 10.9. The van der Waals surface area contributed by atoms with E-state index in [1.807, 2.05) is 24.3 Å². The van der Waals surface area contributed by atoms with Gasteiger partial charge in [-0.2, -0.15) is 0 Å². The van der Waals surface area contributed by atoms with E-state index < -0.39 is 0 Å². The summed E-state index contributed by atoms with van der Waals surface area (Å²) >= 11 is 0. The van der Waals surface area contributed by atoms with Crippen molar-refractivity contribution in [1.29, 1.82) is 0 Å². The van der Waals surface area contributed by atoms with Crippen LogP contribution in [-0.2, 0) is 0 Å². The molecule has 49 valence electrons. The van der Waals surface area contributed by atoms with Gasteiger partial charge in [0, 0.05) is 0 Å². The Morgan fingerprint density at radius 3 is 2.22 bits per heavy atom. The van der Waals surface area contributed by atoms with Crippen LogP contribution in [0.3, 0.4) is 0 Å². The van der Waals surface area contributed by atoms with Crippen LogP contribution in [0.1, 0.15) is 0 Å². The average Bonchev–Trinajstić information content (AvgIpc) is 1.90. The SMILES string of the molecule is COc1cc[c]cc1.[BiH3]. The van der Waals surface area contributed by atoms with Gasteiger partial charge in [-0.3, -0.25) is 0 Å². The molecule has 1 aromatic carbocycles. The maximum absolute atomic E-state index is 4.89. The van der Waals surface area contributed by atoms with Gasteiger partial charge in [0.25, 0.3) is 0 Å². The van der Waals surface area contributed by atoms with Crippen LogP contribution in [-0.4, -0.2) is 33.3 Å². The molecule has 0 fully saturated rings. The van der Waals surface area contributed by atoms with E-state index in [0.29, 0.717) is 0 Å².